The number of amides is 1. The highest BCUT2D eigenvalue weighted by Gasteiger charge is 2.06. The van der Waals surface area contributed by atoms with E-state index in [2.05, 4.69) is 32.5 Å². The number of aromatic nitrogens is 3. The fraction of sp³-hybridized carbons (Fsp3) is 0.467. The number of anilines is 1. The minimum Gasteiger partial charge on any atom is -0.368 e. The second-order valence-corrected chi connectivity index (χ2v) is 5.69. The number of nitrogens with zero attached hydrogens (tertiary/aromatic N) is 3. The fourth-order valence-electron chi connectivity index (χ4n) is 1.95. The van der Waals surface area contributed by atoms with E-state index in [4.69, 9.17) is 0 Å². The molecule has 0 aliphatic heterocycles. The lowest BCUT2D eigenvalue weighted by Crippen LogP contribution is -2.29. The fourth-order valence-corrected chi connectivity index (χ4v) is 2.48. The molecule has 0 atom stereocenters. The molecule has 0 aliphatic rings. The van der Waals surface area contributed by atoms with Gasteiger partial charge in [-0.2, -0.15) is 0 Å². The standard InChI is InChI=1S/C15H21N5OS/c1-3-4-5-13-19-11(2)8-14(20-13)16-6-7-17-15(21)12-9-22-10-18-12/h8-10H,3-7H2,1-2H3,(H,17,21)(H,16,19,20). The predicted octanol–water partition coefficient (Wildman–Crippen LogP) is 2.43. The van der Waals surface area contributed by atoms with E-state index in [1.807, 2.05) is 13.0 Å². The van der Waals surface area contributed by atoms with Gasteiger partial charge in [0.05, 0.1) is 5.51 Å². The van der Waals surface area contributed by atoms with Crippen LogP contribution in [-0.4, -0.2) is 33.9 Å². The molecule has 2 rings (SSSR count). The largest absolute Gasteiger partial charge is 0.368 e. The van der Waals surface area contributed by atoms with Gasteiger partial charge in [-0.25, -0.2) is 15.0 Å². The Hall–Kier alpha value is -2.02. The monoisotopic (exact) mass is 319 g/mol. The summed E-state index contributed by atoms with van der Waals surface area (Å²) >= 11 is 1.41. The SMILES string of the molecule is CCCCc1nc(C)cc(NCCNC(=O)c2cscn2)n1. The first-order valence-corrected chi connectivity index (χ1v) is 8.38. The Kier molecular flexibility index (Phi) is 6.27. The molecular formula is C15H21N5OS. The van der Waals surface area contributed by atoms with Gasteiger partial charge < -0.3 is 10.6 Å². The molecule has 6 nitrogen and oxygen atoms in total. The maximum atomic E-state index is 11.7. The van der Waals surface area contributed by atoms with Crippen LogP contribution in [0.3, 0.4) is 0 Å². The van der Waals surface area contributed by atoms with Crippen LogP contribution in [0.25, 0.3) is 0 Å². The second kappa shape index (κ2) is 8.43. The van der Waals surface area contributed by atoms with Gasteiger partial charge in [0.15, 0.2) is 0 Å². The van der Waals surface area contributed by atoms with Gasteiger partial charge in [0.1, 0.15) is 17.3 Å². The van der Waals surface area contributed by atoms with Crippen molar-refractivity contribution in [3.8, 4) is 0 Å². The van der Waals surface area contributed by atoms with Crippen molar-refractivity contribution in [1.29, 1.82) is 0 Å². The number of nitrogens with one attached hydrogen (secondary N) is 2. The zero-order chi connectivity index (χ0) is 15.8. The molecule has 2 N–H and O–H groups in total. The summed E-state index contributed by atoms with van der Waals surface area (Å²) in [6, 6.07) is 1.91. The summed E-state index contributed by atoms with van der Waals surface area (Å²) in [7, 11) is 0. The average Bonchev–Trinajstić information content (AvgIpc) is 3.03. The molecule has 2 aromatic heterocycles. The van der Waals surface area contributed by atoms with Crippen molar-refractivity contribution in [2.45, 2.75) is 33.1 Å². The summed E-state index contributed by atoms with van der Waals surface area (Å²) in [6.45, 7) is 5.25. The molecule has 0 saturated carbocycles. The highest BCUT2D eigenvalue weighted by atomic mass is 32.1. The van der Waals surface area contributed by atoms with Crippen LogP contribution in [0.15, 0.2) is 17.0 Å². The highest BCUT2D eigenvalue weighted by Crippen LogP contribution is 2.08. The zero-order valence-corrected chi connectivity index (χ0v) is 13.7. The summed E-state index contributed by atoms with van der Waals surface area (Å²) < 4.78 is 0. The summed E-state index contributed by atoms with van der Waals surface area (Å²) in [5.41, 5.74) is 3.06. The van der Waals surface area contributed by atoms with E-state index < -0.39 is 0 Å². The maximum absolute atomic E-state index is 11.7. The Morgan fingerprint density at radius 2 is 2.18 bits per heavy atom. The normalized spacial score (nSPS) is 10.5. The highest BCUT2D eigenvalue weighted by molar-refractivity contribution is 7.07. The summed E-state index contributed by atoms with van der Waals surface area (Å²) in [6.07, 6.45) is 3.11. The first-order chi connectivity index (χ1) is 10.7. The van der Waals surface area contributed by atoms with Gasteiger partial charge in [-0.05, 0) is 13.3 Å². The van der Waals surface area contributed by atoms with Crippen molar-refractivity contribution in [1.82, 2.24) is 20.3 Å². The molecule has 0 bridgehead atoms. The number of carbonyl (C=O) groups excluding carboxylic acids is 1. The molecular weight excluding hydrogens is 298 g/mol. The van der Waals surface area contributed by atoms with Gasteiger partial charge >= 0.3 is 0 Å². The van der Waals surface area contributed by atoms with Crippen LogP contribution in [-0.2, 0) is 6.42 Å². The van der Waals surface area contributed by atoms with Crippen molar-refractivity contribution in [3.05, 3.63) is 34.2 Å². The Bertz CT molecular complexity index is 600. The number of unbranched alkanes of at least 4 members (excludes halogenated alkanes) is 1. The molecule has 0 unspecified atom stereocenters. The van der Waals surface area contributed by atoms with E-state index in [0.29, 0.717) is 18.8 Å². The third-order valence-electron chi connectivity index (χ3n) is 3.04. The average molecular weight is 319 g/mol. The van der Waals surface area contributed by atoms with Gasteiger partial charge in [-0.1, -0.05) is 13.3 Å². The third-order valence-corrected chi connectivity index (χ3v) is 3.62. The van der Waals surface area contributed by atoms with E-state index in [-0.39, 0.29) is 5.91 Å². The Balaban J connectivity index is 1.79. The molecule has 22 heavy (non-hydrogen) atoms. The van der Waals surface area contributed by atoms with Crippen LogP contribution in [0.4, 0.5) is 5.82 Å². The lowest BCUT2D eigenvalue weighted by molar-refractivity contribution is 0.0951. The minimum absolute atomic E-state index is 0.148. The Labute approximate surface area is 134 Å². The molecule has 0 saturated heterocycles. The summed E-state index contributed by atoms with van der Waals surface area (Å²) in [5.74, 6) is 1.53. The van der Waals surface area contributed by atoms with Crippen LogP contribution < -0.4 is 10.6 Å². The number of hydrogen-bond acceptors (Lipinski definition) is 6. The van der Waals surface area contributed by atoms with E-state index >= 15 is 0 Å². The van der Waals surface area contributed by atoms with E-state index in [0.717, 1.165) is 36.6 Å². The lowest BCUT2D eigenvalue weighted by Gasteiger charge is -2.09. The quantitative estimate of drug-likeness (QED) is 0.731. The van der Waals surface area contributed by atoms with Gasteiger partial charge in [0.25, 0.3) is 5.91 Å². The van der Waals surface area contributed by atoms with Gasteiger partial charge in [-0.15, -0.1) is 11.3 Å². The molecule has 2 heterocycles. The Morgan fingerprint density at radius 1 is 1.32 bits per heavy atom. The molecule has 0 aliphatic carbocycles. The Morgan fingerprint density at radius 3 is 2.91 bits per heavy atom. The van der Waals surface area contributed by atoms with Crippen LogP contribution in [0.1, 0.15) is 41.8 Å². The first kappa shape index (κ1) is 16.4. The van der Waals surface area contributed by atoms with Gasteiger partial charge in [0, 0.05) is 36.7 Å². The minimum atomic E-state index is -0.148. The van der Waals surface area contributed by atoms with Crippen LogP contribution in [0.5, 0.6) is 0 Å². The number of thiazole rings is 1. The van der Waals surface area contributed by atoms with Crippen LogP contribution >= 0.6 is 11.3 Å². The topological polar surface area (TPSA) is 79.8 Å². The van der Waals surface area contributed by atoms with Crippen molar-refractivity contribution >= 4 is 23.1 Å². The molecule has 1 amide bonds. The molecule has 0 radical (unpaired) electrons. The number of aryl methyl sites for hydroxylation is 2. The van der Waals surface area contributed by atoms with Crippen molar-refractivity contribution < 1.29 is 4.79 Å². The second-order valence-electron chi connectivity index (χ2n) is 4.97. The third kappa shape index (κ3) is 5.07. The smallest absolute Gasteiger partial charge is 0.270 e. The number of rotatable bonds is 8. The van der Waals surface area contributed by atoms with Crippen molar-refractivity contribution in [2.24, 2.45) is 0 Å². The van der Waals surface area contributed by atoms with E-state index in [1.54, 1.807) is 10.9 Å². The van der Waals surface area contributed by atoms with Crippen molar-refractivity contribution in [3.63, 3.8) is 0 Å². The molecule has 0 fully saturated rings. The summed E-state index contributed by atoms with van der Waals surface area (Å²) in [4.78, 5) is 24.6. The number of carbonyl (C=O) groups is 1. The molecule has 2 aromatic rings. The molecule has 7 heteroatoms. The van der Waals surface area contributed by atoms with Gasteiger partial charge in [-0.3, -0.25) is 4.79 Å². The van der Waals surface area contributed by atoms with Gasteiger partial charge in [0.2, 0.25) is 0 Å². The number of hydrogen-bond donors (Lipinski definition) is 2. The lowest BCUT2D eigenvalue weighted by atomic mass is 10.2. The molecule has 0 aromatic carbocycles. The maximum Gasteiger partial charge on any atom is 0.270 e. The van der Waals surface area contributed by atoms with Crippen LogP contribution in [0.2, 0.25) is 0 Å². The van der Waals surface area contributed by atoms with Crippen molar-refractivity contribution in [2.75, 3.05) is 18.4 Å². The zero-order valence-electron chi connectivity index (χ0n) is 12.9. The van der Waals surface area contributed by atoms with E-state index in [9.17, 15) is 4.79 Å². The molecule has 118 valence electrons. The van der Waals surface area contributed by atoms with E-state index in [1.165, 1.54) is 11.3 Å². The van der Waals surface area contributed by atoms with Crippen LogP contribution in [0, 0.1) is 6.92 Å². The first-order valence-electron chi connectivity index (χ1n) is 7.44. The summed E-state index contributed by atoms with van der Waals surface area (Å²) in [5, 5.41) is 7.77. The predicted molar refractivity (Wildman–Crippen MR) is 88.3 cm³/mol. The molecule has 0 spiro atoms.